The average molecular weight is 407 g/mol. The summed E-state index contributed by atoms with van der Waals surface area (Å²) in [5.41, 5.74) is 3.27. The van der Waals surface area contributed by atoms with E-state index in [0.29, 0.717) is 0 Å². The Morgan fingerprint density at radius 2 is 1.97 bits per heavy atom. The second-order valence-electron chi connectivity index (χ2n) is 7.62. The molecule has 0 saturated carbocycles. The Kier molecular flexibility index (Phi) is 5.60. The number of aromatic nitrogens is 3. The maximum Gasteiger partial charge on any atom is 0.170 e. The van der Waals surface area contributed by atoms with Crippen molar-refractivity contribution in [3.8, 4) is 5.82 Å². The zero-order chi connectivity index (χ0) is 20.4. The highest BCUT2D eigenvalue weighted by atomic mass is 32.1. The van der Waals surface area contributed by atoms with E-state index in [9.17, 15) is 0 Å². The van der Waals surface area contributed by atoms with Gasteiger partial charge >= 0.3 is 0 Å². The van der Waals surface area contributed by atoms with Gasteiger partial charge in [-0.2, -0.15) is 0 Å². The van der Waals surface area contributed by atoms with Gasteiger partial charge in [-0.1, -0.05) is 12.1 Å². The summed E-state index contributed by atoms with van der Waals surface area (Å²) in [4.78, 5) is 13.7. The number of pyridine rings is 2. The fourth-order valence-corrected chi connectivity index (χ4v) is 4.05. The quantitative estimate of drug-likeness (QED) is 0.635. The SMILES string of the molecule is Cc1ccc(-n2cccc2[C@@H]2[C@@H](c3ccccn3)NC(=S)N2CCN(C)C)nc1. The van der Waals surface area contributed by atoms with Crippen molar-refractivity contribution in [2.75, 3.05) is 27.2 Å². The Morgan fingerprint density at radius 3 is 2.66 bits per heavy atom. The number of nitrogens with zero attached hydrogens (tertiary/aromatic N) is 5. The maximum atomic E-state index is 5.74. The highest BCUT2D eigenvalue weighted by molar-refractivity contribution is 7.80. The maximum absolute atomic E-state index is 5.74. The van der Waals surface area contributed by atoms with E-state index >= 15 is 0 Å². The van der Waals surface area contributed by atoms with Gasteiger partial charge < -0.3 is 19.7 Å². The Labute approximate surface area is 177 Å². The third-order valence-corrected chi connectivity index (χ3v) is 5.56. The van der Waals surface area contributed by atoms with Gasteiger partial charge in [0.2, 0.25) is 0 Å². The van der Waals surface area contributed by atoms with E-state index < -0.39 is 0 Å². The number of rotatable bonds is 6. The lowest BCUT2D eigenvalue weighted by atomic mass is 10.0. The molecule has 1 fully saturated rings. The van der Waals surface area contributed by atoms with Gasteiger partial charge in [0.15, 0.2) is 5.11 Å². The van der Waals surface area contributed by atoms with Crippen LogP contribution in [0.3, 0.4) is 0 Å². The molecule has 3 aromatic heterocycles. The van der Waals surface area contributed by atoms with Crippen LogP contribution in [0.1, 0.15) is 29.0 Å². The van der Waals surface area contributed by atoms with Crippen molar-refractivity contribution in [3.63, 3.8) is 0 Å². The Balaban J connectivity index is 1.77. The van der Waals surface area contributed by atoms with Crippen LogP contribution in [0, 0.1) is 6.92 Å². The van der Waals surface area contributed by atoms with E-state index in [0.717, 1.165) is 41.0 Å². The number of nitrogens with one attached hydrogen (secondary N) is 1. The molecule has 4 rings (SSSR count). The molecule has 0 bridgehead atoms. The van der Waals surface area contributed by atoms with E-state index in [2.05, 4.69) is 80.3 Å². The van der Waals surface area contributed by atoms with Gasteiger partial charge in [-0.25, -0.2) is 4.98 Å². The molecule has 1 aliphatic rings. The van der Waals surface area contributed by atoms with Gasteiger partial charge in [0.25, 0.3) is 0 Å². The molecular formula is C22H26N6S. The summed E-state index contributed by atoms with van der Waals surface area (Å²) in [5, 5.41) is 4.27. The lowest BCUT2D eigenvalue weighted by Gasteiger charge is -2.29. The van der Waals surface area contributed by atoms with E-state index in [1.807, 2.05) is 31.5 Å². The average Bonchev–Trinajstić information content (AvgIpc) is 3.32. The van der Waals surface area contributed by atoms with Gasteiger partial charge in [-0.05, 0) is 69.1 Å². The second-order valence-corrected chi connectivity index (χ2v) is 8.01. The molecule has 29 heavy (non-hydrogen) atoms. The van der Waals surface area contributed by atoms with Gasteiger partial charge in [-0.15, -0.1) is 0 Å². The first-order chi connectivity index (χ1) is 14.0. The monoisotopic (exact) mass is 406 g/mol. The molecule has 0 radical (unpaired) electrons. The zero-order valence-electron chi connectivity index (χ0n) is 17.0. The van der Waals surface area contributed by atoms with Gasteiger partial charge in [0.05, 0.1) is 17.8 Å². The number of likely N-dealkylation sites (N-methyl/N-ethyl adjacent to an activating group) is 1. The molecule has 0 unspecified atom stereocenters. The third-order valence-electron chi connectivity index (χ3n) is 5.21. The fourth-order valence-electron chi connectivity index (χ4n) is 3.72. The predicted molar refractivity (Wildman–Crippen MR) is 119 cm³/mol. The molecule has 0 amide bonds. The van der Waals surface area contributed by atoms with Crippen LogP contribution >= 0.6 is 12.2 Å². The molecular weight excluding hydrogens is 380 g/mol. The first-order valence-corrected chi connectivity index (χ1v) is 10.2. The molecule has 1 aliphatic heterocycles. The Hall–Kier alpha value is -2.77. The van der Waals surface area contributed by atoms with Gasteiger partial charge in [-0.3, -0.25) is 4.98 Å². The summed E-state index contributed by atoms with van der Waals surface area (Å²) in [6.45, 7) is 3.79. The molecule has 7 heteroatoms. The van der Waals surface area contributed by atoms with E-state index in [1.54, 1.807) is 0 Å². The number of hydrogen-bond donors (Lipinski definition) is 1. The standard InChI is InChI=1S/C22H26N6S/c1-16-9-10-19(24-15-16)27-12-6-8-18(27)21-20(17-7-4-5-11-23-17)25-22(29)28(21)14-13-26(2)3/h4-12,15,20-21H,13-14H2,1-3H3,(H,25,29)/t20-,21-/m1/s1. The molecule has 4 heterocycles. The second kappa shape index (κ2) is 8.31. The van der Waals surface area contributed by atoms with E-state index in [-0.39, 0.29) is 12.1 Å². The topological polar surface area (TPSA) is 49.2 Å². The molecule has 2 atom stereocenters. The largest absolute Gasteiger partial charge is 0.352 e. The minimum Gasteiger partial charge on any atom is -0.352 e. The normalized spacial score (nSPS) is 19.0. The van der Waals surface area contributed by atoms with Crippen LogP contribution in [-0.4, -0.2) is 56.6 Å². The van der Waals surface area contributed by atoms with Crippen molar-refractivity contribution in [2.24, 2.45) is 0 Å². The van der Waals surface area contributed by atoms with Crippen molar-refractivity contribution in [1.82, 2.24) is 29.7 Å². The highest BCUT2D eigenvalue weighted by Crippen LogP contribution is 2.39. The third kappa shape index (κ3) is 4.02. The molecule has 150 valence electrons. The smallest absolute Gasteiger partial charge is 0.170 e. The van der Waals surface area contributed by atoms with Crippen molar-refractivity contribution < 1.29 is 0 Å². The summed E-state index contributed by atoms with van der Waals surface area (Å²) in [6, 6.07) is 14.4. The van der Waals surface area contributed by atoms with Crippen molar-refractivity contribution in [3.05, 3.63) is 78.0 Å². The van der Waals surface area contributed by atoms with E-state index in [4.69, 9.17) is 12.2 Å². The van der Waals surface area contributed by atoms with Crippen molar-refractivity contribution in [2.45, 2.75) is 19.0 Å². The van der Waals surface area contributed by atoms with E-state index in [1.165, 1.54) is 0 Å². The molecule has 6 nitrogen and oxygen atoms in total. The van der Waals surface area contributed by atoms with Crippen LogP contribution < -0.4 is 5.32 Å². The van der Waals surface area contributed by atoms with Crippen LogP contribution in [0.2, 0.25) is 0 Å². The minimum atomic E-state index is -0.0232. The molecule has 1 N–H and O–H groups in total. The Morgan fingerprint density at radius 1 is 1.10 bits per heavy atom. The molecule has 1 saturated heterocycles. The predicted octanol–water partition coefficient (Wildman–Crippen LogP) is 3.11. The van der Waals surface area contributed by atoms with Crippen LogP contribution in [0.5, 0.6) is 0 Å². The first kappa shape index (κ1) is 19.5. The zero-order valence-corrected chi connectivity index (χ0v) is 17.8. The summed E-state index contributed by atoms with van der Waals surface area (Å²) >= 11 is 5.74. The minimum absolute atomic E-state index is 0.0232. The molecule has 0 aromatic carbocycles. The number of aryl methyl sites for hydroxylation is 1. The lowest BCUT2D eigenvalue weighted by molar-refractivity contribution is 0.272. The number of hydrogen-bond acceptors (Lipinski definition) is 4. The molecule has 0 spiro atoms. The van der Waals surface area contributed by atoms with Crippen molar-refractivity contribution in [1.29, 1.82) is 0 Å². The highest BCUT2D eigenvalue weighted by Gasteiger charge is 2.41. The first-order valence-electron chi connectivity index (χ1n) is 9.77. The lowest BCUT2D eigenvalue weighted by Crippen LogP contribution is -2.36. The van der Waals surface area contributed by atoms with Crippen molar-refractivity contribution >= 4 is 17.3 Å². The van der Waals surface area contributed by atoms with Gasteiger partial charge in [0, 0.05) is 37.4 Å². The fraction of sp³-hybridized carbons (Fsp3) is 0.318. The summed E-state index contributed by atoms with van der Waals surface area (Å²) in [6.07, 6.45) is 5.80. The summed E-state index contributed by atoms with van der Waals surface area (Å²) in [7, 11) is 4.16. The summed E-state index contributed by atoms with van der Waals surface area (Å²) < 4.78 is 2.15. The van der Waals surface area contributed by atoms with Crippen LogP contribution in [0.25, 0.3) is 5.82 Å². The Bertz CT molecular complexity index is 966. The molecule has 3 aromatic rings. The van der Waals surface area contributed by atoms with Crippen LogP contribution in [0.15, 0.2) is 61.1 Å². The number of thiocarbonyl (C=S) groups is 1. The summed E-state index contributed by atoms with van der Waals surface area (Å²) in [5.74, 6) is 0.903. The molecule has 0 aliphatic carbocycles. The van der Waals surface area contributed by atoms with Crippen LogP contribution in [0.4, 0.5) is 0 Å². The van der Waals surface area contributed by atoms with Gasteiger partial charge in [0.1, 0.15) is 5.82 Å². The van der Waals surface area contributed by atoms with Crippen LogP contribution in [-0.2, 0) is 0 Å².